The molecule has 0 saturated carbocycles. The van der Waals surface area contributed by atoms with Gasteiger partial charge in [-0.05, 0) is 22.3 Å². The number of hydrogen-bond acceptors (Lipinski definition) is 2. The van der Waals surface area contributed by atoms with Gasteiger partial charge in [0.05, 0.1) is 12.1 Å². The molecule has 0 spiro atoms. The first-order valence-corrected chi connectivity index (χ1v) is 10.4. The van der Waals surface area contributed by atoms with Gasteiger partial charge in [0.25, 0.3) is 0 Å². The zero-order chi connectivity index (χ0) is 20.8. The molecule has 4 aliphatic rings. The molecule has 7 rings (SSSR count). The molecule has 4 unspecified atom stereocenters. The summed E-state index contributed by atoms with van der Waals surface area (Å²) in [5.74, 6) is 0. The summed E-state index contributed by atoms with van der Waals surface area (Å²) in [6.45, 7) is 4.52. The smallest absolute Gasteiger partial charge is 0.246 e. The molecule has 30 heavy (non-hydrogen) atoms. The Morgan fingerprint density at radius 1 is 0.667 bits per heavy atom. The first-order chi connectivity index (χ1) is 14.4. The lowest BCUT2D eigenvalue weighted by Gasteiger charge is -2.68. The van der Waals surface area contributed by atoms with Gasteiger partial charge in [0.15, 0.2) is 0 Å². The standard InChI is InChI=1S/C25H23N3O2/c1-24-18-14-15-19(28-23(30)26(3)22(29)27(18)28)25(24,2)21(17-12-8-5-9-13-17)20(24)16-10-6-4-7-11-16/h4-15,18-19H,1-3H3. The number of hydrogen-bond donors (Lipinski definition) is 0. The zero-order valence-corrected chi connectivity index (χ0v) is 17.2. The molecule has 3 aromatic rings. The predicted molar refractivity (Wildman–Crippen MR) is 117 cm³/mol. The highest BCUT2D eigenvalue weighted by Crippen LogP contribution is 2.77. The van der Waals surface area contributed by atoms with Gasteiger partial charge in [-0.1, -0.05) is 86.7 Å². The highest BCUT2D eigenvalue weighted by Gasteiger charge is 2.70. The zero-order valence-electron chi connectivity index (χ0n) is 17.2. The van der Waals surface area contributed by atoms with Crippen LogP contribution in [0.15, 0.2) is 82.4 Å². The van der Waals surface area contributed by atoms with Crippen molar-refractivity contribution >= 4 is 11.1 Å². The number of aromatic nitrogens is 3. The second kappa shape index (κ2) is 5.42. The monoisotopic (exact) mass is 397 g/mol. The van der Waals surface area contributed by atoms with E-state index in [0.717, 1.165) is 0 Å². The summed E-state index contributed by atoms with van der Waals surface area (Å²) in [5, 5.41) is 0. The average molecular weight is 397 g/mol. The molecule has 3 heterocycles. The number of allylic oxidation sites excluding steroid dienone is 4. The molecular formula is C25H23N3O2. The van der Waals surface area contributed by atoms with Crippen LogP contribution in [0.5, 0.6) is 0 Å². The predicted octanol–water partition coefficient (Wildman–Crippen LogP) is 3.65. The SMILES string of the molecule is Cn1c(=O)n2n(c1=O)C1C=CC2C2(C)C(c3ccccc3)=C(c3ccccc3)C12C. The summed E-state index contributed by atoms with van der Waals surface area (Å²) in [7, 11) is 1.57. The molecule has 0 N–H and O–H groups in total. The number of rotatable bonds is 2. The van der Waals surface area contributed by atoms with E-state index in [4.69, 9.17) is 0 Å². The molecular weight excluding hydrogens is 374 g/mol. The molecule has 5 nitrogen and oxygen atoms in total. The normalized spacial score (nSPS) is 30.8. The Kier molecular flexibility index (Phi) is 3.16. The number of benzene rings is 2. The largest absolute Gasteiger partial charge is 0.347 e. The van der Waals surface area contributed by atoms with Crippen LogP contribution in [0.3, 0.4) is 0 Å². The van der Waals surface area contributed by atoms with Gasteiger partial charge in [-0.2, -0.15) is 0 Å². The first-order valence-electron chi connectivity index (χ1n) is 10.4. The molecule has 0 fully saturated rings. The lowest BCUT2D eigenvalue weighted by Crippen LogP contribution is -2.65. The quantitative estimate of drug-likeness (QED) is 0.620. The van der Waals surface area contributed by atoms with E-state index in [1.165, 1.54) is 26.8 Å². The van der Waals surface area contributed by atoms with E-state index in [0.29, 0.717) is 0 Å². The van der Waals surface area contributed by atoms with E-state index in [1.54, 1.807) is 16.4 Å². The second-order valence-electron chi connectivity index (χ2n) is 8.97. The molecule has 2 aliphatic heterocycles. The van der Waals surface area contributed by atoms with E-state index in [2.05, 4.69) is 74.5 Å². The molecule has 2 aliphatic carbocycles. The van der Waals surface area contributed by atoms with Gasteiger partial charge >= 0.3 is 11.4 Å². The van der Waals surface area contributed by atoms with Crippen molar-refractivity contribution in [3.63, 3.8) is 0 Å². The van der Waals surface area contributed by atoms with E-state index < -0.39 is 0 Å². The van der Waals surface area contributed by atoms with Crippen molar-refractivity contribution in [3.8, 4) is 0 Å². The van der Waals surface area contributed by atoms with Gasteiger partial charge in [-0.3, -0.25) is 0 Å². The summed E-state index contributed by atoms with van der Waals surface area (Å²) < 4.78 is 4.59. The minimum Gasteiger partial charge on any atom is -0.246 e. The highest BCUT2D eigenvalue weighted by molar-refractivity contribution is 6.05. The van der Waals surface area contributed by atoms with Crippen LogP contribution < -0.4 is 11.4 Å². The van der Waals surface area contributed by atoms with Gasteiger partial charge < -0.3 is 0 Å². The van der Waals surface area contributed by atoms with Crippen molar-refractivity contribution < 1.29 is 0 Å². The van der Waals surface area contributed by atoms with Crippen LogP contribution >= 0.6 is 0 Å². The average Bonchev–Trinajstić information content (AvgIpc) is 3.00. The molecule has 5 heteroatoms. The van der Waals surface area contributed by atoms with Gasteiger partial charge in [-0.15, -0.1) is 0 Å². The van der Waals surface area contributed by atoms with Crippen molar-refractivity contribution in [2.45, 2.75) is 25.9 Å². The van der Waals surface area contributed by atoms with Crippen LogP contribution in [0.1, 0.15) is 37.1 Å². The topological polar surface area (TPSA) is 48.9 Å². The van der Waals surface area contributed by atoms with Crippen molar-refractivity contribution in [2.75, 3.05) is 0 Å². The second-order valence-corrected chi connectivity index (χ2v) is 8.97. The fourth-order valence-electron chi connectivity index (χ4n) is 6.31. The molecule has 150 valence electrons. The highest BCUT2D eigenvalue weighted by atomic mass is 16.2. The van der Waals surface area contributed by atoms with E-state index in [1.807, 2.05) is 12.1 Å². The molecule has 4 atom stereocenters. The van der Waals surface area contributed by atoms with Crippen LogP contribution in [-0.2, 0) is 7.05 Å². The lowest BCUT2D eigenvalue weighted by molar-refractivity contribution is -0.000469. The Balaban J connectivity index is 1.73. The Labute approximate surface area is 174 Å². The van der Waals surface area contributed by atoms with Crippen LogP contribution in [0, 0.1) is 10.8 Å². The maximum atomic E-state index is 13.0. The molecule has 0 radical (unpaired) electrons. The fraction of sp³-hybridized carbons (Fsp3) is 0.280. The van der Waals surface area contributed by atoms with Crippen LogP contribution in [0.2, 0.25) is 0 Å². The molecule has 2 bridgehead atoms. The van der Waals surface area contributed by atoms with Crippen molar-refractivity contribution in [1.29, 1.82) is 0 Å². The summed E-state index contributed by atoms with van der Waals surface area (Å²) in [5.41, 5.74) is 3.78. The van der Waals surface area contributed by atoms with Gasteiger partial charge in [0.1, 0.15) is 0 Å². The third-order valence-electron chi connectivity index (χ3n) is 7.88. The van der Waals surface area contributed by atoms with E-state index >= 15 is 0 Å². The van der Waals surface area contributed by atoms with Gasteiger partial charge in [0, 0.05) is 17.9 Å². The van der Waals surface area contributed by atoms with Crippen LogP contribution in [-0.4, -0.2) is 13.9 Å². The Bertz CT molecular complexity index is 1270. The summed E-state index contributed by atoms with van der Waals surface area (Å²) >= 11 is 0. The minimum absolute atomic E-state index is 0.212. The van der Waals surface area contributed by atoms with Crippen LogP contribution in [0.4, 0.5) is 0 Å². The maximum Gasteiger partial charge on any atom is 0.347 e. The summed E-state index contributed by atoms with van der Waals surface area (Å²) in [6.07, 6.45) is 4.25. The minimum atomic E-state index is -0.309. The van der Waals surface area contributed by atoms with Crippen molar-refractivity contribution in [1.82, 2.24) is 13.9 Å². The molecule has 0 amide bonds. The Hall–Kier alpha value is -3.34. The fourth-order valence-corrected chi connectivity index (χ4v) is 6.31. The first kappa shape index (κ1) is 17.5. The summed E-state index contributed by atoms with van der Waals surface area (Å²) in [6, 6.07) is 20.5. The van der Waals surface area contributed by atoms with Crippen molar-refractivity contribution in [3.05, 3.63) is 105 Å². The molecule has 2 aromatic carbocycles. The lowest BCUT2D eigenvalue weighted by atomic mass is 9.39. The maximum absolute atomic E-state index is 13.0. The third kappa shape index (κ3) is 1.68. The number of nitrogens with zero attached hydrogens (tertiary/aromatic N) is 3. The third-order valence-corrected chi connectivity index (χ3v) is 7.88. The Morgan fingerprint density at radius 3 is 1.40 bits per heavy atom. The summed E-state index contributed by atoms with van der Waals surface area (Å²) in [4.78, 5) is 26.0. The van der Waals surface area contributed by atoms with Crippen LogP contribution in [0.25, 0.3) is 11.1 Å². The van der Waals surface area contributed by atoms with Gasteiger partial charge in [0.2, 0.25) is 0 Å². The molecule has 1 aromatic heterocycles. The molecule has 0 saturated heterocycles. The Morgan fingerprint density at radius 2 is 1.03 bits per heavy atom. The van der Waals surface area contributed by atoms with E-state index in [-0.39, 0.29) is 34.3 Å². The van der Waals surface area contributed by atoms with E-state index in [9.17, 15) is 9.59 Å². The van der Waals surface area contributed by atoms with Gasteiger partial charge in [-0.25, -0.2) is 23.5 Å². The van der Waals surface area contributed by atoms with Crippen molar-refractivity contribution in [2.24, 2.45) is 17.9 Å².